The van der Waals surface area contributed by atoms with Crippen molar-refractivity contribution in [3.63, 3.8) is 0 Å². The lowest BCUT2D eigenvalue weighted by Gasteiger charge is -2.45. The highest BCUT2D eigenvalue weighted by molar-refractivity contribution is 4.94. The van der Waals surface area contributed by atoms with Crippen LogP contribution in [0.15, 0.2) is 0 Å². The van der Waals surface area contributed by atoms with Crippen molar-refractivity contribution in [1.82, 2.24) is 0 Å². The van der Waals surface area contributed by atoms with Gasteiger partial charge >= 0.3 is 0 Å². The molecular formula is C23H40O11. The molecule has 2 saturated heterocycles. The summed E-state index contributed by atoms with van der Waals surface area (Å²) in [6.07, 6.45) is -1.26. The molecule has 2 aliphatic rings. The highest BCUT2D eigenvalue weighted by Gasteiger charge is 2.50. The van der Waals surface area contributed by atoms with Crippen LogP contribution in [0.2, 0.25) is 0 Å². The Morgan fingerprint density at radius 3 is 1.82 bits per heavy atom. The van der Waals surface area contributed by atoms with Gasteiger partial charge in [0.2, 0.25) is 0 Å². The summed E-state index contributed by atoms with van der Waals surface area (Å²) in [5, 5.41) is 70.0. The van der Waals surface area contributed by atoms with Crippen molar-refractivity contribution in [1.29, 1.82) is 0 Å². The summed E-state index contributed by atoms with van der Waals surface area (Å²) in [6.45, 7) is -0.949. The SMILES string of the molecule is C#CCCCCCCCCCO[C@@H]1O[C@H](CO)[C@@H](O[C@@H]2O[C@H](CO)[C@H](O)[C@H](O)[C@H]2O)[C@H](O)[C@H]1O. The number of aliphatic hydroxyl groups excluding tert-OH is 7. The van der Waals surface area contributed by atoms with Gasteiger partial charge in [0.05, 0.1) is 13.2 Å². The Morgan fingerprint density at radius 1 is 0.647 bits per heavy atom. The Bertz CT molecular complexity index is 596. The van der Waals surface area contributed by atoms with E-state index in [-0.39, 0.29) is 0 Å². The van der Waals surface area contributed by atoms with Crippen LogP contribution in [0.3, 0.4) is 0 Å². The molecule has 0 aromatic carbocycles. The third kappa shape index (κ3) is 8.08. The van der Waals surface area contributed by atoms with Crippen LogP contribution in [0.5, 0.6) is 0 Å². The Hall–Kier alpha value is -0.880. The molecule has 10 atom stereocenters. The second-order valence-electron chi connectivity index (χ2n) is 8.80. The van der Waals surface area contributed by atoms with Crippen molar-refractivity contribution in [3.8, 4) is 12.3 Å². The number of ether oxygens (including phenoxy) is 4. The zero-order valence-corrected chi connectivity index (χ0v) is 19.4. The molecule has 34 heavy (non-hydrogen) atoms. The molecule has 0 radical (unpaired) electrons. The maximum absolute atomic E-state index is 10.6. The van der Waals surface area contributed by atoms with Crippen LogP contribution in [0.4, 0.5) is 0 Å². The lowest BCUT2D eigenvalue weighted by Crippen LogP contribution is -2.64. The van der Waals surface area contributed by atoms with E-state index < -0.39 is 74.6 Å². The maximum Gasteiger partial charge on any atom is 0.187 e. The van der Waals surface area contributed by atoms with Crippen LogP contribution in [0.25, 0.3) is 0 Å². The average Bonchev–Trinajstić information content (AvgIpc) is 2.84. The molecule has 7 N–H and O–H groups in total. The summed E-state index contributed by atoms with van der Waals surface area (Å²) in [6, 6.07) is 0. The third-order valence-electron chi connectivity index (χ3n) is 6.21. The van der Waals surface area contributed by atoms with Crippen LogP contribution in [0, 0.1) is 12.3 Å². The fraction of sp³-hybridized carbons (Fsp3) is 0.913. The summed E-state index contributed by atoms with van der Waals surface area (Å²) >= 11 is 0. The van der Waals surface area contributed by atoms with Gasteiger partial charge in [-0.2, -0.15) is 0 Å². The molecule has 0 saturated carbocycles. The molecule has 198 valence electrons. The van der Waals surface area contributed by atoms with E-state index in [1.165, 1.54) is 0 Å². The summed E-state index contributed by atoms with van der Waals surface area (Å²) in [5.41, 5.74) is 0. The number of rotatable bonds is 14. The van der Waals surface area contributed by atoms with Gasteiger partial charge in [0.15, 0.2) is 12.6 Å². The molecule has 11 nitrogen and oxygen atoms in total. The zero-order chi connectivity index (χ0) is 25.1. The van der Waals surface area contributed by atoms with E-state index in [9.17, 15) is 35.7 Å². The quantitative estimate of drug-likeness (QED) is 0.109. The van der Waals surface area contributed by atoms with E-state index in [1.807, 2.05) is 0 Å². The van der Waals surface area contributed by atoms with E-state index in [0.29, 0.717) is 6.61 Å². The first-order valence-corrected chi connectivity index (χ1v) is 12.0. The highest BCUT2D eigenvalue weighted by Crippen LogP contribution is 2.29. The first-order chi connectivity index (χ1) is 16.3. The van der Waals surface area contributed by atoms with E-state index in [0.717, 1.165) is 51.4 Å². The van der Waals surface area contributed by atoms with Crippen molar-refractivity contribution in [3.05, 3.63) is 0 Å². The zero-order valence-electron chi connectivity index (χ0n) is 19.4. The monoisotopic (exact) mass is 492 g/mol. The minimum Gasteiger partial charge on any atom is -0.394 e. The summed E-state index contributed by atoms with van der Waals surface area (Å²) in [5.74, 6) is 2.63. The number of unbranched alkanes of at least 4 members (excludes halogenated alkanes) is 7. The number of hydrogen-bond donors (Lipinski definition) is 7. The second kappa shape index (κ2) is 15.3. The van der Waals surface area contributed by atoms with Gasteiger partial charge in [-0.3, -0.25) is 0 Å². The van der Waals surface area contributed by atoms with Crippen molar-refractivity contribution >= 4 is 0 Å². The molecule has 11 heteroatoms. The molecule has 2 aliphatic heterocycles. The largest absolute Gasteiger partial charge is 0.394 e. The van der Waals surface area contributed by atoms with Gasteiger partial charge in [0.25, 0.3) is 0 Å². The minimum atomic E-state index is -1.70. The second-order valence-corrected chi connectivity index (χ2v) is 8.80. The van der Waals surface area contributed by atoms with Crippen LogP contribution in [-0.2, 0) is 18.9 Å². The van der Waals surface area contributed by atoms with Crippen LogP contribution >= 0.6 is 0 Å². The molecule has 0 bridgehead atoms. The topological polar surface area (TPSA) is 179 Å². The van der Waals surface area contributed by atoms with Crippen molar-refractivity contribution in [2.45, 2.75) is 113 Å². The lowest BCUT2D eigenvalue weighted by molar-refractivity contribution is -0.359. The number of hydrogen-bond acceptors (Lipinski definition) is 11. The van der Waals surface area contributed by atoms with Crippen LogP contribution in [0.1, 0.15) is 51.4 Å². The van der Waals surface area contributed by atoms with Crippen molar-refractivity contribution in [2.75, 3.05) is 19.8 Å². The molecule has 0 amide bonds. The maximum atomic E-state index is 10.6. The minimum absolute atomic E-state index is 0.294. The van der Waals surface area contributed by atoms with E-state index in [1.54, 1.807) is 0 Å². The summed E-state index contributed by atoms with van der Waals surface area (Å²) in [4.78, 5) is 0. The van der Waals surface area contributed by atoms with Gasteiger partial charge in [-0.1, -0.05) is 32.1 Å². The van der Waals surface area contributed by atoms with Gasteiger partial charge in [-0.15, -0.1) is 12.3 Å². The van der Waals surface area contributed by atoms with Crippen LogP contribution < -0.4 is 0 Å². The van der Waals surface area contributed by atoms with Gasteiger partial charge in [0.1, 0.15) is 48.8 Å². The van der Waals surface area contributed by atoms with Gasteiger partial charge in [0, 0.05) is 13.0 Å². The molecule has 0 aliphatic carbocycles. The molecule has 0 aromatic heterocycles. The van der Waals surface area contributed by atoms with Crippen molar-refractivity contribution in [2.24, 2.45) is 0 Å². The summed E-state index contributed by atoms with van der Waals surface area (Å²) in [7, 11) is 0. The smallest absolute Gasteiger partial charge is 0.187 e. The Morgan fingerprint density at radius 2 is 1.21 bits per heavy atom. The van der Waals surface area contributed by atoms with E-state index in [2.05, 4.69) is 5.92 Å². The van der Waals surface area contributed by atoms with Gasteiger partial charge in [-0.25, -0.2) is 0 Å². The standard InChI is InChI=1S/C23H40O11/c1-2-3-4-5-6-7-8-9-10-11-31-22-20(30)18(28)21(15(13-25)33-22)34-23-19(29)17(27)16(26)14(12-24)32-23/h1,14-30H,3-13H2/t14-,15-,16+,17+,18-,19-,20-,21-,22-,23+/m1/s1. The Kier molecular flexibility index (Phi) is 13.2. The van der Waals surface area contributed by atoms with Gasteiger partial charge < -0.3 is 54.7 Å². The molecule has 2 fully saturated rings. The van der Waals surface area contributed by atoms with Crippen LogP contribution in [-0.4, -0.2) is 117 Å². The molecular weight excluding hydrogens is 452 g/mol. The fourth-order valence-corrected chi connectivity index (χ4v) is 4.11. The predicted octanol–water partition coefficient (Wildman–Crippen LogP) is -1.62. The summed E-state index contributed by atoms with van der Waals surface area (Å²) < 4.78 is 21.9. The lowest BCUT2D eigenvalue weighted by atomic mass is 9.97. The molecule has 0 aromatic rings. The fourth-order valence-electron chi connectivity index (χ4n) is 4.11. The van der Waals surface area contributed by atoms with E-state index >= 15 is 0 Å². The van der Waals surface area contributed by atoms with Gasteiger partial charge in [-0.05, 0) is 12.8 Å². The molecule has 0 spiro atoms. The Balaban J connectivity index is 1.79. The van der Waals surface area contributed by atoms with Crippen molar-refractivity contribution < 1.29 is 54.7 Å². The molecule has 0 unspecified atom stereocenters. The average molecular weight is 493 g/mol. The molecule has 2 rings (SSSR count). The normalized spacial score (nSPS) is 38.5. The number of aliphatic hydroxyl groups is 7. The van der Waals surface area contributed by atoms with E-state index in [4.69, 9.17) is 25.4 Å². The number of terminal acetylenes is 1. The Labute approximate surface area is 200 Å². The highest BCUT2D eigenvalue weighted by atomic mass is 16.7. The molecule has 2 heterocycles. The first-order valence-electron chi connectivity index (χ1n) is 12.0. The third-order valence-corrected chi connectivity index (χ3v) is 6.21. The predicted molar refractivity (Wildman–Crippen MR) is 118 cm³/mol. The first kappa shape index (κ1) is 29.4.